The van der Waals surface area contributed by atoms with Crippen molar-refractivity contribution in [2.45, 2.75) is 46.1 Å². The molecule has 1 fully saturated rings. The van der Waals surface area contributed by atoms with E-state index in [4.69, 9.17) is 13.1 Å². The molecule has 0 aromatic carbocycles. The SMILES string of the molecule is [C-]#[N+]CC1(C)CC([N+]#[C-])CC(C)(C)C1. The monoisotopic (exact) mass is 190 g/mol. The first kappa shape index (κ1) is 11.1. The Hall–Kier alpha value is -1.02. The van der Waals surface area contributed by atoms with Gasteiger partial charge in [0.1, 0.15) is 0 Å². The van der Waals surface area contributed by atoms with Crippen molar-refractivity contribution in [2.75, 3.05) is 6.54 Å². The van der Waals surface area contributed by atoms with E-state index in [1.807, 2.05) is 0 Å². The molecule has 0 saturated heterocycles. The summed E-state index contributed by atoms with van der Waals surface area (Å²) in [6, 6.07) is 0.130. The first-order chi connectivity index (χ1) is 6.41. The van der Waals surface area contributed by atoms with Crippen molar-refractivity contribution in [3.8, 4) is 0 Å². The zero-order valence-electron chi connectivity index (χ0n) is 9.30. The van der Waals surface area contributed by atoms with E-state index in [1.165, 1.54) is 0 Å². The van der Waals surface area contributed by atoms with Crippen LogP contribution >= 0.6 is 0 Å². The highest BCUT2D eigenvalue weighted by atomic mass is 14.8. The summed E-state index contributed by atoms with van der Waals surface area (Å²) >= 11 is 0. The summed E-state index contributed by atoms with van der Waals surface area (Å²) < 4.78 is 0. The molecule has 0 N–H and O–H groups in total. The molecule has 1 aliphatic rings. The van der Waals surface area contributed by atoms with Crippen LogP contribution in [-0.2, 0) is 0 Å². The number of nitrogens with zero attached hydrogens (tertiary/aromatic N) is 2. The summed E-state index contributed by atoms with van der Waals surface area (Å²) in [6.45, 7) is 21.3. The molecule has 76 valence electrons. The second-order valence-corrected chi connectivity index (χ2v) is 5.66. The molecular weight excluding hydrogens is 172 g/mol. The predicted octanol–water partition coefficient (Wildman–Crippen LogP) is 3.41. The lowest BCUT2D eigenvalue weighted by molar-refractivity contribution is 0.107. The van der Waals surface area contributed by atoms with Crippen molar-refractivity contribution in [2.24, 2.45) is 10.8 Å². The van der Waals surface area contributed by atoms with Gasteiger partial charge in [-0.2, -0.15) is 0 Å². The van der Waals surface area contributed by atoms with Gasteiger partial charge >= 0.3 is 0 Å². The molecule has 0 radical (unpaired) electrons. The largest absolute Gasteiger partial charge is 0.316 e. The van der Waals surface area contributed by atoms with Crippen LogP contribution in [-0.4, -0.2) is 12.6 Å². The molecule has 0 aromatic rings. The maximum Gasteiger partial charge on any atom is 0.225 e. The summed E-state index contributed by atoms with van der Waals surface area (Å²) in [5, 5.41) is 0. The predicted molar refractivity (Wildman–Crippen MR) is 57.6 cm³/mol. The minimum atomic E-state index is 0.0682. The highest BCUT2D eigenvalue weighted by molar-refractivity contribution is 5.00. The van der Waals surface area contributed by atoms with Gasteiger partial charge in [0.2, 0.25) is 12.6 Å². The Kier molecular flexibility index (Phi) is 2.86. The van der Waals surface area contributed by atoms with Crippen LogP contribution in [0.3, 0.4) is 0 Å². The Labute approximate surface area is 87.0 Å². The van der Waals surface area contributed by atoms with Gasteiger partial charge in [0.15, 0.2) is 0 Å². The lowest BCUT2D eigenvalue weighted by Gasteiger charge is -2.39. The zero-order chi connectivity index (χ0) is 10.8. The molecule has 1 saturated carbocycles. The molecule has 0 aromatic heterocycles. The highest BCUT2D eigenvalue weighted by Crippen LogP contribution is 2.47. The molecule has 1 aliphatic carbocycles. The topological polar surface area (TPSA) is 8.72 Å². The lowest BCUT2D eigenvalue weighted by atomic mass is 9.63. The molecule has 2 heteroatoms. The van der Waals surface area contributed by atoms with Crippen LogP contribution in [0, 0.1) is 24.0 Å². The molecule has 0 bridgehead atoms. The van der Waals surface area contributed by atoms with Crippen molar-refractivity contribution in [3.05, 3.63) is 22.8 Å². The average Bonchev–Trinajstić information content (AvgIpc) is 2.00. The number of hydrogen-bond acceptors (Lipinski definition) is 0. The highest BCUT2D eigenvalue weighted by Gasteiger charge is 2.45. The fourth-order valence-corrected chi connectivity index (χ4v) is 2.98. The molecule has 0 amide bonds. The maximum absolute atomic E-state index is 7.13. The quantitative estimate of drug-likeness (QED) is 0.560. The standard InChI is InChI=1S/C12H18N2/c1-11(2)6-10(14-5)7-12(3,8-11)9-13-4/h10H,6-9H2,1-3H3. The van der Waals surface area contributed by atoms with Gasteiger partial charge in [0.05, 0.1) is 0 Å². The van der Waals surface area contributed by atoms with E-state index < -0.39 is 0 Å². The first-order valence-corrected chi connectivity index (χ1v) is 5.11. The van der Waals surface area contributed by atoms with Crippen molar-refractivity contribution >= 4 is 0 Å². The lowest BCUT2D eigenvalue weighted by Crippen LogP contribution is -2.38. The van der Waals surface area contributed by atoms with Gasteiger partial charge in [-0.05, 0) is 11.8 Å². The fourth-order valence-electron chi connectivity index (χ4n) is 2.98. The Balaban J connectivity index is 2.82. The van der Waals surface area contributed by atoms with E-state index in [9.17, 15) is 0 Å². The van der Waals surface area contributed by atoms with Crippen molar-refractivity contribution in [1.29, 1.82) is 0 Å². The third-order valence-electron chi connectivity index (χ3n) is 3.07. The van der Waals surface area contributed by atoms with E-state index in [2.05, 4.69) is 30.5 Å². The maximum atomic E-state index is 7.13. The van der Waals surface area contributed by atoms with Crippen LogP contribution in [0.5, 0.6) is 0 Å². The van der Waals surface area contributed by atoms with E-state index in [0.717, 1.165) is 19.3 Å². The minimum absolute atomic E-state index is 0.0682. The molecule has 2 atom stereocenters. The molecule has 2 unspecified atom stereocenters. The van der Waals surface area contributed by atoms with Crippen LogP contribution in [0.25, 0.3) is 9.69 Å². The third-order valence-corrected chi connectivity index (χ3v) is 3.07. The fraction of sp³-hybridized carbons (Fsp3) is 0.833. The van der Waals surface area contributed by atoms with Gasteiger partial charge in [-0.1, -0.05) is 20.8 Å². The van der Waals surface area contributed by atoms with E-state index in [0.29, 0.717) is 6.54 Å². The van der Waals surface area contributed by atoms with E-state index in [1.54, 1.807) is 0 Å². The molecule has 0 heterocycles. The number of rotatable bonds is 1. The Bertz CT molecular complexity index is 292. The first-order valence-electron chi connectivity index (χ1n) is 5.11. The van der Waals surface area contributed by atoms with Crippen molar-refractivity contribution in [3.63, 3.8) is 0 Å². The Morgan fingerprint density at radius 3 is 2.36 bits per heavy atom. The summed E-state index contributed by atoms with van der Waals surface area (Å²) in [6.07, 6.45) is 2.97. The molecule has 0 aliphatic heterocycles. The molecule has 14 heavy (non-hydrogen) atoms. The van der Waals surface area contributed by atoms with Gasteiger partial charge in [-0.3, -0.25) is 0 Å². The van der Waals surface area contributed by atoms with Crippen LogP contribution in [0.2, 0.25) is 0 Å². The summed E-state index contributed by atoms with van der Waals surface area (Å²) in [5.74, 6) is 0. The summed E-state index contributed by atoms with van der Waals surface area (Å²) in [4.78, 5) is 7.18. The zero-order valence-corrected chi connectivity index (χ0v) is 9.30. The second-order valence-electron chi connectivity index (χ2n) is 5.66. The molecule has 2 nitrogen and oxygen atoms in total. The average molecular weight is 190 g/mol. The smallest absolute Gasteiger partial charge is 0.225 e. The normalized spacial score (nSPS) is 35.6. The van der Waals surface area contributed by atoms with Crippen LogP contribution in [0.15, 0.2) is 0 Å². The van der Waals surface area contributed by atoms with Crippen LogP contribution < -0.4 is 0 Å². The second kappa shape index (κ2) is 3.62. The Morgan fingerprint density at radius 1 is 1.21 bits per heavy atom. The van der Waals surface area contributed by atoms with Gasteiger partial charge in [-0.15, -0.1) is 0 Å². The van der Waals surface area contributed by atoms with Gasteiger partial charge < -0.3 is 9.69 Å². The van der Waals surface area contributed by atoms with E-state index in [-0.39, 0.29) is 16.9 Å². The Morgan fingerprint density at radius 2 is 1.86 bits per heavy atom. The molecule has 1 rings (SSSR count). The summed E-state index contributed by atoms with van der Waals surface area (Å²) in [7, 11) is 0. The van der Waals surface area contributed by atoms with Crippen molar-refractivity contribution in [1.82, 2.24) is 0 Å². The van der Waals surface area contributed by atoms with Gasteiger partial charge in [0, 0.05) is 18.3 Å². The number of hydrogen-bond donors (Lipinski definition) is 0. The molecule has 0 spiro atoms. The third kappa shape index (κ3) is 2.48. The summed E-state index contributed by atoms with van der Waals surface area (Å²) in [5.41, 5.74) is 0.297. The van der Waals surface area contributed by atoms with Gasteiger partial charge in [-0.25, -0.2) is 13.1 Å². The molecular formula is C12H18N2. The van der Waals surface area contributed by atoms with E-state index >= 15 is 0 Å². The van der Waals surface area contributed by atoms with Crippen LogP contribution in [0.1, 0.15) is 40.0 Å². The van der Waals surface area contributed by atoms with Crippen molar-refractivity contribution < 1.29 is 0 Å². The van der Waals surface area contributed by atoms with Crippen LogP contribution in [0.4, 0.5) is 0 Å². The van der Waals surface area contributed by atoms with Gasteiger partial charge in [0.25, 0.3) is 0 Å². The minimum Gasteiger partial charge on any atom is -0.316 e.